The summed E-state index contributed by atoms with van der Waals surface area (Å²) in [5, 5.41) is 0.355. The van der Waals surface area contributed by atoms with Crippen LogP contribution < -0.4 is 14.9 Å². The van der Waals surface area contributed by atoms with Crippen molar-refractivity contribution in [1.82, 2.24) is 0 Å². The summed E-state index contributed by atoms with van der Waals surface area (Å²) in [5.41, 5.74) is 2.12. The van der Waals surface area contributed by atoms with Crippen LogP contribution in [0.2, 0.25) is 0 Å². The zero-order valence-corrected chi connectivity index (χ0v) is 18.0. The predicted octanol–water partition coefficient (Wildman–Crippen LogP) is 6.25. The lowest BCUT2D eigenvalue weighted by molar-refractivity contribution is -0.134. The largest absolute Gasteiger partial charge is 0.460 e. The molecule has 0 bridgehead atoms. The summed E-state index contributed by atoms with van der Waals surface area (Å²) >= 11 is 0. The van der Waals surface area contributed by atoms with Gasteiger partial charge in [-0.15, -0.1) is 0 Å². The van der Waals surface area contributed by atoms with Gasteiger partial charge in [-0.1, -0.05) is 62.4 Å². The van der Waals surface area contributed by atoms with Crippen LogP contribution in [-0.4, -0.2) is 5.97 Å². The third-order valence-electron chi connectivity index (χ3n) is 5.17. The summed E-state index contributed by atoms with van der Waals surface area (Å²) < 4.78 is 16.9. The number of rotatable bonds is 7. The number of carbonyl (C=O) groups excluding carboxylic acids is 1. The van der Waals surface area contributed by atoms with Gasteiger partial charge in [0.2, 0.25) is 11.2 Å². The van der Waals surface area contributed by atoms with Crippen molar-refractivity contribution < 1.29 is 18.7 Å². The maximum Gasteiger partial charge on any atom is 0.311 e. The van der Waals surface area contributed by atoms with Gasteiger partial charge in [0.15, 0.2) is 0 Å². The maximum absolute atomic E-state index is 12.9. The lowest BCUT2D eigenvalue weighted by atomic mass is 10.0. The maximum atomic E-state index is 12.9. The molecule has 0 unspecified atom stereocenters. The van der Waals surface area contributed by atoms with Gasteiger partial charge in [-0.25, -0.2) is 0 Å². The molecule has 5 nitrogen and oxygen atoms in total. The first-order chi connectivity index (χ1) is 15.5. The smallest absolute Gasteiger partial charge is 0.311 e. The van der Waals surface area contributed by atoms with E-state index < -0.39 is 0 Å². The molecular formula is C27H24O5. The van der Waals surface area contributed by atoms with Gasteiger partial charge in [0.05, 0.1) is 5.39 Å². The van der Waals surface area contributed by atoms with Crippen LogP contribution in [0.15, 0.2) is 88.3 Å². The molecule has 0 radical (unpaired) electrons. The number of hydrogen-bond donors (Lipinski definition) is 0. The topological polar surface area (TPSA) is 65.7 Å². The van der Waals surface area contributed by atoms with Crippen molar-refractivity contribution in [1.29, 1.82) is 0 Å². The van der Waals surface area contributed by atoms with Crippen LogP contribution >= 0.6 is 0 Å². The third kappa shape index (κ3) is 4.89. The molecule has 0 aliphatic carbocycles. The Morgan fingerprint density at radius 1 is 0.938 bits per heavy atom. The molecule has 0 atom stereocenters. The van der Waals surface area contributed by atoms with Gasteiger partial charge < -0.3 is 13.9 Å². The molecule has 0 saturated carbocycles. The van der Waals surface area contributed by atoms with Crippen LogP contribution in [-0.2, 0) is 11.2 Å². The van der Waals surface area contributed by atoms with Crippen molar-refractivity contribution in [2.75, 3.05) is 0 Å². The zero-order chi connectivity index (χ0) is 22.5. The summed E-state index contributed by atoms with van der Waals surface area (Å²) in [5.74, 6) is 0.965. The molecule has 162 valence electrons. The number of fused-ring (bicyclic) bond motifs is 1. The third-order valence-corrected chi connectivity index (χ3v) is 5.17. The van der Waals surface area contributed by atoms with Crippen LogP contribution in [0.5, 0.6) is 17.2 Å². The second-order valence-corrected chi connectivity index (χ2v) is 7.84. The molecule has 4 aromatic rings. The highest BCUT2D eigenvalue weighted by Gasteiger charge is 2.14. The summed E-state index contributed by atoms with van der Waals surface area (Å²) in [4.78, 5) is 25.1. The van der Waals surface area contributed by atoms with Crippen LogP contribution in [0.25, 0.3) is 11.0 Å². The van der Waals surface area contributed by atoms with Crippen molar-refractivity contribution >= 4 is 16.9 Å². The van der Waals surface area contributed by atoms with Crippen LogP contribution in [0.1, 0.15) is 37.3 Å². The first-order valence-electron chi connectivity index (χ1n) is 10.6. The SMILES string of the molecule is CC(C)c1ccccc1Oc1coc2cc(OC(=O)CCc3ccccc3)ccc2c1=O. The van der Waals surface area contributed by atoms with E-state index in [-0.39, 0.29) is 29.5 Å². The molecule has 0 fully saturated rings. The van der Waals surface area contributed by atoms with Crippen LogP contribution in [0, 0.1) is 0 Å². The first-order valence-corrected chi connectivity index (χ1v) is 10.6. The number of carbonyl (C=O) groups is 1. The standard InChI is InChI=1S/C27H24O5/c1-18(2)21-10-6-7-11-23(21)32-25-17-30-24-16-20(13-14-22(24)27(25)29)31-26(28)15-12-19-8-4-3-5-9-19/h3-11,13-14,16-18H,12,15H2,1-2H3. The quantitative estimate of drug-likeness (QED) is 0.257. The summed E-state index contributed by atoms with van der Waals surface area (Å²) in [6.45, 7) is 4.13. The van der Waals surface area contributed by atoms with E-state index in [1.165, 1.54) is 6.26 Å². The number of para-hydroxylation sites is 1. The van der Waals surface area contributed by atoms with Gasteiger partial charge in [-0.2, -0.15) is 0 Å². The van der Waals surface area contributed by atoms with E-state index in [1.54, 1.807) is 18.2 Å². The Kier molecular flexibility index (Phi) is 6.36. The molecule has 3 aromatic carbocycles. The molecule has 0 saturated heterocycles. The summed E-state index contributed by atoms with van der Waals surface area (Å²) in [6.07, 6.45) is 2.15. The van der Waals surface area contributed by atoms with Crippen molar-refractivity contribution in [2.24, 2.45) is 0 Å². The van der Waals surface area contributed by atoms with E-state index in [9.17, 15) is 9.59 Å². The molecule has 32 heavy (non-hydrogen) atoms. The minimum atomic E-state index is -0.346. The van der Waals surface area contributed by atoms with E-state index in [2.05, 4.69) is 13.8 Å². The Labute approximate surface area is 186 Å². The Bertz CT molecular complexity index is 1290. The molecule has 0 amide bonds. The normalized spacial score (nSPS) is 11.0. The van der Waals surface area contributed by atoms with E-state index in [0.717, 1.165) is 11.1 Å². The second-order valence-electron chi connectivity index (χ2n) is 7.84. The minimum absolute atomic E-state index is 0.109. The van der Waals surface area contributed by atoms with Crippen LogP contribution in [0.4, 0.5) is 0 Å². The Morgan fingerprint density at radius 3 is 2.47 bits per heavy atom. The number of hydrogen-bond acceptors (Lipinski definition) is 5. The monoisotopic (exact) mass is 428 g/mol. The van der Waals surface area contributed by atoms with Gasteiger partial charge >= 0.3 is 5.97 Å². The average Bonchev–Trinajstić information content (AvgIpc) is 2.80. The molecule has 0 aliphatic rings. The van der Waals surface area contributed by atoms with E-state index >= 15 is 0 Å². The fourth-order valence-corrected chi connectivity index (χ4v) is 3.47. The average molecular weight is 428 g/mol. The van der Waals surface area contributed by atoms with Gasteiger partial charge in [0.1, 0.15) is 23.3 Å². The molecule has 0 aliphatic heterocycles. The molecule has 4 rings (SSSR count). The fraction of sp³-hybridized carbons (Fsp3) is 0.185. The summed E-state index contributed by atoms with van der Waals surface area (Å²) in [6, 6.07) is 22.1. The lowest BCUT2D eigenvalue weighted by Gasteiger charge is -2.13. The van der Waals surface area contributed by atoms with E-state index in [4.69, 9.17) is 13.9 Å². The Balaban J connectivity index is 1.50. The molecular weight excluding hydrogens is 404 g/mol. The Morgan fingerprint density at radius 2 is 1.69 bits per heavy atom. The molecule has 5 heteroatoms. The van der Waals surface area contributed by atoms with Gasteiger partial charge in [0, 0.05) is 12.5 Å². The minimum Gasteiger partial charge on any atom is -0.460 e. The van der Waals surface area contributed by atoms with Crippen molar-refractivity contribution in [3.05, 3.63) is 100 Å². The highest BCUT2D eigenvalue weighted by Crippen LogP contribution is 2.30. The number of esters is 1. The Hall–Kier alpha value is -3.86. The predicted molar refractivity (Wildman–Crippen MR) is 123 cm³/mol. The van der Waals surface area contributed by atoms with Gasteiger partial charge in [-0.05, 0) is 41.7 Å². The molecule has 0 spiro atoms. The van der Waals surface area contributed by atoms with E-state index in [0.29, 0.717) is 28.9 Å². The first kappa shape index (κ1) is 21.4. The molecule has 0 N–H and O–H groups in total. The second kappa shape index (κ2) is 9.52. The van der Waals surface area contributed by atoms with E-state index in [1.807, 2.05) is 54.6 Å². The van der Waals surface area contributed by atoms with Crippen molar-refractivity contribution in [2.45, 2.75) is 32.6 Å². The lowest BCUT2D eigenvalue weighted by Crippen LogP contribution is -2.10. The van der Waals surface area contributed by atoms with Crippen molar-refractivity contribution in [3.63, 3.8) is 0 Å². The molecule has 1 aromatic heterocycles. The zero-order valence-electron chi connectivity index (χ0n) is 18.0. The number of ether oxygens (including phenoxy) is 2. The number of benzene rings is 3. The molecule has 1 heterocycles. The highest BCUT2D eigenvalue weighted by molar-refractivity contribution is 5.81. The van der Waals surface area contributed by atoms with Crippen LogP contribution in [0.3, 0.4) is 0 Å². The van der Waals surface area contributed by atoms with Gasteiger partial charge in [-0.3, -0.25) is 9.59 Å². The fourth-order valence-electron chi connectivity index (χ4n) is 3.47. The number of aryl methyl sites for hydroxylation is 1. The summed E-state index contributed by atoms with van der Waals surface area (Å²) in [7, 11) is 0. The van der Waals surface area contributed by atoms with Gasteiger partial charge in [0.25, 0.3) is 0 Å². The van der Waals surface area contributed by atoms with Crippen molar-refractivity contribution in [3.8, 4) is 17.2 Å². The highest BCUT2D eigenvalue weighted by atomic mass is 16.5.